The SMILES string of the molecule is COC(=O)C1Cc2ccccc2N1C(=O)c1cc2c([nH]c1=O)CCC2. The molecular formula is C19H18N2O4. The molecule has 6 heteroatoms. The molecule has 4 rings (SSSR count). The van der Waals surface area contributed by atoms with Crippen molar-refractivity contribution in [1.82, 2.24) is 4.98 Å². The first kappa shape index (κ1) is 15.6. The lowest BCUT2D eigenvalue weighted by Gasteiger charge is -2.23. The molecule has 1 N–H and O–H groups in total. The first-order chi connectivity index (χ1) is 12.1. The predicted octanol–water partition coefficient (Wildman–Crippen LogP) is 1.61. The molecule has 1 atom stereocenters. The summed E-state index contributed by atoms with van der Waals surface area (Å²) in [7, 11) is 1.30. The highest BCUT2D eigenvalue weighted by molar-refractivity contribution is 6.11. The number of carbonyl (C=O) groups excluding carboxylic acids is 2. The number of aromatic amines is 1. The van der Waals surface area contributed by atoms with Crippen molar-refractivity contribution < 1.29 is 14.3 Å². The number of ether oxygens (including phenoxy) is 1. The quantitative estimate of drug-likeness (QED) is 0.844. The van der Waals surface area contributed by atoms with Crippen LogP contribution in [0.25, 0.3) is 0 Å². The third kappa shape index (κ3) is 2.45. The van der Waals surface area contributed by atoms with Crippen LogP contribution >= 0.6 is 0 Å². The number of hydrogen-bond acceptors (Lipinski definition) is 4. The first-order valence-electron chi connectivity index (χ1n) is 8.34. The second-order valence-corrected chi connectivity index (χ2v) is 6.42. The fourth-order valence-corrected chi connectivity index (χ4v) is 3.76. The largest absolute Gasteiger partial charge is 0.467 e. The summed E-state index contributed by atoms with van der Waals surface area (Å²) in [6, 6.07) is 8.28. The summed E-state index contributed by atoms with van der Waals surface area (Å²) in [4.78, 5) is 42.0. The Labute approximate surface area is 144 Å². The fraction of sp³-hybridized carbons (Fsp3) is 0.316. The lowest BCUT2D eigenvalue weighted by atomic mass is 10.1. The van der Waals surface area contributed by atoms with Gasteiger partial charge in [0.25, 0.3) is 11.5 Å². The van der Waals surface area contributed by atoms with E-state index in [1.807, 2.05) is 18.2 Å². The normalized spacial score (nSPS) is 18.0. The summed E-state index contributed by atoms with van der Waals surface area (Å²) < 4.78 is 4.87. The summed E-state index contributed by atoms with van der Waals surface area (Å²) >= 11 is 0. The zero-order valence-electron chi connectivity index (χ0n) is 13.9. The highest BCUT2D eigenvalue weighted by atomic mass is 16.5. The molecule has 2 heterocycles. The average Bonchev–Trinajstić information content (AvgIpc) is 3.23. The number of hydrogen-bond donors (Lipinski definition) is 1. The number of nitrogens with zero attached hydrogens (tertiary/aromatic N) is 1. The maximum Gasteiger partial charge on any atom is 0.329 e. The van der Waals surface area contributed by atoms with E-state index in [2.05, 4.69) is 4.98 Å². The predicted molar refractivity (Wildman–Crippen MR) is 91.8 cm³/mol. The van der Waals surface area contributed by atoms with Crippen LogP contribution in [-0.4, -0.2) is 30.0 Å². The number of para-hydroxylation sites is 1. The van der Waals surface area contributed by atoms with E-state index >= 15 is 0 Å². The zero-order chi connectivity index (χ0) is 17.6. The Kier molecular flexibility index (Phi) is 3.67. The maximum atomic E-state index is 13.2. The van der Waals surface area contributed by atoms with Gasteiger partial charge in [0.2, 0.25) is 0 Å². The maximum absolute atomic E-state index is 13.2. The molecule has 1 aromatic carbocycles. The average molecular weight is 338 g/mol. The van der Waals surface area contributed by atoms with Crippen LogP contribution in [0.2, 0.25) is 0 Å². The Morgan fingerprint density at radius 2 is 2.00 bits per heavy atom. The van der Waals surface area contributed by atoms with Crippen molar-refractivity contribution in [2.24, 2.45) is 0 Å². The van der Waals surface area contributed by atoms with E-state index in [4.69, 9.17) is 4.74 Å². The Morgan fingerprint density at radius 1 is 1.20 bits per heavy atom. The summed E-state index contributed by atoms with van der Waals surface area (Å²) in [6.45, 7) is 0. The number of carbonyl (C=O) groups is 2. The minimum atomic E-state index is -0.748. The third-order valence-corrected chi connectivity index (χ3v) is 4.99. The highest BCUT2D eigenvalue weighted by Gasteiger charge is 2.40. The minimum absolute atomic E-state index is 0.0752. The van der Waals surface area contributed by atoms with Gasteiger partial charge >= 0.3 is 5.97 Å². The number of aryl methyl sites for hydroxylation is 2. The van der Waals surface area contributed by atoms with Gasteiger partial charge in [-0.1, -0.05) is 18.2 Å². The van der Waals surface area contributed by atoms with Crippen molar-refractivity contribution in [1.29, 1.82) is 0 Å². The number of amides is 1. The van der Waals surface area contributed by atoms with Gasteiger partial charge in [0.1, 0.15) is 11.6 Å². The van der Waals surface area contributed by atoms with Gasteiger partial charge in [-0.05, 0) is 42.5 Å². The summed E-state index contributed by atoms with van der Waals surface area (Å²) in [5, 5.41) is 0. The van der Waals surface area contributed by atoms with E-state index in [0.29, 0.717) is 12.1 Å². The number of fused-ring (bicyclic) bond motifs is 2. The van der Waals surface area contributed by atoms with E-state index in [1.54, 1.807) is 12.1 Å². The molecule has 1 aliphatic carbocycles. The topological polar surface area (TPSA) is 79.5 Å². The molecule has 1 aliphatic heterocycles. The second kappa shape index (κ2) is 5.88. The number of anilines is 1. The molecule has 1 unspecified atom stereocenters. The number of rotatable bonds is 2. The van der Waals surface area contributed by atoms with Crippen molar-refractivity contribution in [2.45, 2.75) is 31.7 Å². The second-order valence-electron chi connectivity index (χ2n) is 6.42. The van der Waals surface area contributed by atoms with Crippen LogP contribution < -0.4 is 10.5 Å². The van der Waals surface area contributed by atoms with E-state index < -0.39 is 23.5 Å². The standard InChI is InChI=1S/C19H18N2O4/c1-25-19(24)16-10-12-5-2-3-8-15(12)21(16)18(23)13-9-11-6-4-7-14(11)20-17(13)22/h2-3,5,8-9,16H,4,6-7,10H2,1H3,(H,20,22). The number of methoxy groups -OCH3 is 1. The van der Waals surface area contributed by atoms with Crippen LogP contribution in [0, 0.1) is 0 Å². The smallest absolute Gasteiger partial charge is 0.329 e. The summed E-state index contributed by atoms with van der Waals surface area (Å²) in [6.07, 6.45) is 3.04. The molecule has 0 saturated heterocycles. The van der Waals surface area contributed by atoms with Gasteiger partial charge in [0.15, 0.2) is 0 Å². The minimum Gasteiger partial charge on any atom is -0.467 e. The molecule has 25 heavy (non-hydrogen) atoms. The van der Waals surface area contributed by atoms with Crippen LogP contribution in [0.15, 0.2) is 35.1 Å². The zero-order valence-corrected chi connectivity index (χ0v) is 13.9. The van der Waals surface area contributed by atoms with E-state index in [0.717, 1.165) is 36.1 Å². The number of aromatic nitrogens is 1. The van der Waals surface area contributed by atoms with Crippen LogP contribution in [0.4, 0.5) is 5.69 Å². The van der Waals surface area contributed by atoms with E-state index in [9.17, 15) is 14.4 Å². The number of H-pyrrole nitrogens is 1. The van der Waals surface area contributed by atoms with Crippen molar-refractivity contribution >= 4 is 17.6 Å². The number of benzene rings is 1. The highest BCUT2D eigenvalue weighted by Crippen LogP contribution is 2.33. The molecular weight excluding hydrogens is 320 g/mol. The van der Waals surface area contributed by atoms with Crippen molar-refractivity contribution in [3.05, 3.63) is 63.1 Å². The van der Waals surface area contributed by atoms with Crippen LogP contribution in [0.1, 0.15) is 33.6 Å². The van der Waals surface area contributed by atoms with Crippen molar-refractivity contribution in [3.63, 3.8) is 0 Å². The van der Waals surface area contributed by atoms with E-state index in [-0.39, 0.29) is 5.56 Å². The van der Waals surface area contributed by atoms with Gasteiger partial charge in [-0.2, -0.15) is 0 Å². The Bertz CT molecular complexity index is 931. The fourth-order valence-electron chi connectivity index (χ4n) is 3.76. The van der Waals surface area contributed by atoms with Gasteiger partial charge in [-0.3, -0.25) is 14.5 Å². The third-order valence-electron chi connectivity index (χ3n) is 4.99. The summed E-state index contributed by atoms with van der Waals surface area (Å²) in [5.41, 5.74) is 3.13. The lowest BCUT2D eigenvalue weighted by molar-refractivity contribution is -0.141. The molecule has 128 valence electrons. The van der Waals surface area contributed by atoms with Crippen LogP contribution in [-0.2, 0) is 28.8 Å². The van der Waals surface area contributed by atoms with Crippen LogP contribution in [0.3, 0.4) is 0 Å². The molecule has 0 fully saturated rings. The first-order valence-corrected chi connectivity index (χ1v) is 8.34. The lowest BCUT2D eigenvalue weighted by Crippen LogP contribution is -2.45. The van der Waals surface area contributed by atoms with Gasteiger partial charge in [0.05, 0.1) is 7.11 Å². The van der Waals surface area contributed by atoms with Gasteiger partial charge < -0.3 is 9.72 Å². The molecule has 0 radical (unpaired) electrons. The van der Waals surface area contributed by atoms with Crippen LogP contribution in [0.5, 0.6) is 0 Å². The van der Waals surface area contributed by atoms with Crippen molar-refractivity contribution in [3.8, 4) is 0 Å². The Hall–Kier alpha value is -2.89. The molecule has 2 aliphatic rings. The Balaban J connectivity index is 1.80. The van der Waals surface area contributed by atoms with Gasteiger partial charge in [-0.15, -0.1) is 0 Å². The molecule has 0 bridgehead atoms. The summed E-state index contributed by atoms with van der Waals surface area (Å²) in [5.74, 6) is -0.946. The number of esters is 1. The Morgan fingerprint density at radius 3 is 2.80 bits per heavy atom. The van der Waals surface area contributed by atoms with Gasteiger partial charge in [0, 0.05) is 17.8 Å². The molecule has 0 spiro atoms. The number of pyridine rings is 1. The van der Waals surface area contributed by atoms with E-state index in [1.165, 1.54) is 12.0 Å². The number of nitrogens with one attached hydrogen (secondary N) is 1. The van der Waals surface area contributed by atoms with Gasteiger partial charge in [-0.25, -0.2) is 4.79 Å². The molecule has 1 aromatic heterocycles. The monoisotopic (exact) mass is 338 g/mol. The molecule has 0 saturated carbocycles. The van der Waals surface area contributed by atoms with Crippen molar-refractivity contribution in [2.75, 3.05) is 12.0 Å². The molecule has 6 nitrogen and oxygen atoms in total. The molecule has 2 aromatic rings. The molecule has 1 amide bonds.